The fourth-order valence-corrected chi connectivity index (χ4v) is 5.94. The van der Waals surface area contributed by atoms with Crippen LogP contribution in [0.25, 0.3) is 0 Å². The van der Waals surface area contributed by atoms with E-state index in [1.54, 1.807) is 0 Å². The normalized spacial score (nSPS) is 28.0. The second-order valence-corrected chi connectivity index (χ2v) is 9.34. The predicted molar refractivity (Wildman–Crippen MR) is 114 cm³/mol. The maximum absolute atomic E-state index is 13.2. The number of anilines is 2. The average Bonchev–Trinajstić information content (AvgIpc) is 3.45. The molecule has 28 heavy (non-hydrogen) atoms. The van der Waals surface area contributed by atoms with Crippen molar-refractivity contribution < 1.29 is 4.79 Å². The third kappa shape index (κ3) is 3.13. The van der Waals surface area contributed by atoms with Crippen molar-refractivity contribution in [2.45, 2.75) is 51.5 Å². The number of piperidine rings is 1. The van der Waals surface area contributed by atoms with Crippen molar-refractivity contribution >= 4 is 17.3 Å². The zero-order valence-electron chi connectivity index (χ0n) is 17.3. The Kier molecular flexibility index (Phi) is 4.84. The molecular formula is C23H34N4O. The largest absolute Gasteiger partial charge is 0.370 e. The molecule has 4 heterocycles. The molecule has 1 spiro atoms. The highest BCUT2D eigenvalue weighted by Gasteiger charge is 2.47. The molecule has 0 saturated carbocycles. The van der Waals surface area contributed by atoms with Gasteiger partial charge in [-0.15, -0.1) is 0 Å². The van der Waals surface area contributed by atoms with Crippen molar-refractivity contribution in [3.8, 4) is 0 Å². The van der Waals surface area contributed by atoms with E-state index < -0.39 is 0 Å². The summed E-state index contributed by atoms with van der Waals surface area (Å²) in [4.78, 5) is 20.5. The lowest BCUT2D eigenvalue weighted by atomic mass is 9.77. The van der Waals surface area contributed by atoms with Crippen LogP contribution in [0.15, 0.2) is 18.2 Å². The number of nitrogens with zero attached hydrogens (tertiary/aromatic N) is 3. The van der Waals surface area contributed by atoms with Crippen molar-refractivity contribution in [1.82, 2.24) is 10.2 Å². The summed E-state index contributed by atoms with van der Waals surface area (Å²) in [5.74, 6) is 0.361. The Hall–Kier alpha value is -1.59. The van der Waals surface area contributed by atoms with E-state index in [-0.39, 0.29) is 5.41 Å². The van der Waals surface area contributed by atoms with E-state index in [0.29, 0.717) is 5.91 Å². The number of rotatable bonds is 3. The van der Waals surface area contributed by atoms with Crippen LogP contribution in [0.3, 0.4) is 0 Å². The number of amides is 1. The summed E-state index contributed by atoms with van der Waals surface area (Å²) in [7, 11) is 0. The third-order valence-corrected chi connectivity index (χ3v) is 7.73. The van der Waals surface area contributed by atoms with Gasteiger partial charge in [-0.05, 0) is 95.4 Å². The number of aryl methyl sites for hydroxylation is 1. The van der Waals surface area contributed by atoms with Crippen molar-refractivity contribution in [1.29, 1.82) is 0 Å². The fourth-order valence-electron chi connectivity index (χ4n) is 5.94. The molecule has 5 rings (SSSR count). The van der Waals surface area contributed by atoms with Crippen molar-refractivity contribution in [3.63, 3.8) is 0 Å². The Labute approximate surface area is 169 Å². The lowest BCUT2D eigenvalue weighted by Crippen LogP contribution is -2.42. The Balaban J connectivity index is 1.30. The van der Waals surface area contributed by atoms with Crippen molar-refractivity contribution in [3.05, 3.63) is 23.8 Å². The number of hydrogen-bond donors (Lipinski definition) is 1. The number of hydrogen-bond acceptors (Lipinski definition) is 4. The first-order valence-corrected chi connectivity index (χ1v) is 11.3. The summed E-state index contributed by atoms with van der Waals surface area (Å²) in [6, 6.07) is 7.48. The van der Waals surface area contributed by atoms with Crippen LogP contribution < -0.4 is 15.1 Å². The highest BCUT2D eigenvalue weighted by molar-refractivity contribution is 6.00. The number of nitrogens with one attached hydrogen (secondary N) is 1. The van der Waals surface area contributed by atoms with Gasteiger partial charge in [0.2, 0.25) is 5.91 Å². The molecule has 0 bridgehead atoms. The molecule has 4 saturated heterocycles. The second kappa shape index (κ2) is 7.34. The molecule has 1 amide bonds. The molecule has 0 aromatic heterocycles. The summed E-state index contributed by atoms with van der Waals surface area (Å²) in [5, 5.41) is 3.41. The number of carbonyl (C=O) groups excluding carboxylic acids is 1. The van der Waals surface area contributed by atoms with Gasteiger partial charge in [-0.2, -0.15) is 0 Å². The van der Waals surface area contributed by atoms with Gasteiger partial charge >= 0.3 is 0 Å². The van der Waals surface area contributed by atoms with E-state index in [2.05, 4.69) is 45.1 Å². The van der Waals surface area contributed by atoms with Crippen LogP contribution in [0.5, 0.6) is 0 Å². The first-order valence-electron chi connectivity index (χ1n) is 11.3. The van der Waals surface area contributed by atoms with Crippen LogP contribution >= 0.6 is 0 Å². The van der Waals surface area contributed by atoms with Gasteiger partial charge in [0.15, 0.2) is 0 Å². The summed E-state index contributed by atoms with van der Waals surface area (Å²) < 4.78 is 0. The highest BCUT2D eigenvalue weighted by atomic mass is 16.2. The first-order chi connectivity index (χ1) is 13.7. The van der Waals surface area contributed by atoms with Crippen molar-refractivity contribution in [2.75, 3.05) is 55.6 Å². The monoisotopic (exact) mass is 382 g/mol. The molecule has 1 atom stereocenters. The standard InChI is InChI=1S/C23H34N4O/c1-18-16-19(26-14-6-20(17-26)25-12-2-3-13-25)4-5-21(18)27-15-9-23(22(27)28)7-10-24-11-8-23/h4-5,16,20,24H,2-3,6-15,17H2,1H3. The van der Waals surface area contributed by atoms with Crippen LogP contribution in [-0.2, 0) is 4.79 Å². The van der Waals surface area contributed by atoms with Gasteiger partial charge in [0.05, 0.1) is 5.41 Å². The van der Waals surface area contributed by atoms with E-state index in [4.69, 9.17) is 0 Å². The lowest BCUT2D eigenvalue weighted by Gasteiger charge is -2.32. The fraction of sp³-hybridized carbons (Fsp3) is 0.696. The highest BCUT2D eigenvalue weighted by Crippen LogP contribution is 2.42. The van der Waals surface area contributed by atoms with E-state index in [9.17, 15) is 4.79 Å². The van der Waals surface area contributed by atoms with Gasteiger partial charge < -0.3 is 15.1 Å². The van der Waals surface area contributed by atoms with Gasteiger partial charge in [0.1, 0.15) is 0 Å². The second-order valence-electron chi connectivity index (χ2n) is 9.34. The maximum atomic E-state index is 13.2. The van der Waals surface area contributed by atoms with E-state index >= 15 is 0 Å². The molecule has 4 aliphatic heterocycles. The SMILES string of the molecule is Cc1cc(N2CCC(N3CCCC3)C2)ccc1N1CCC2(CCNCC2)C1=O. The summed E-state index contributed by atoms with van der Waals surface area (Å²) in [6.45, 7) is 9.87. The Morgan fingerprint density at radius 3 is 2.57 bits per heavy atom. The van der Waals surface area contributed by atoms with Gasteiger partial charge in [-0.1, -0.05) is 0 Å². The molecule has 1 aromatic carbocycles. The molecule has 4 fully saturated rings. The van der Waals surface area contributed by atoms with E-state index in [0.717, 1.165) is 63.7 Å². The molecule has 0 radical (unpaired) electrons. The van der Waals surface area contributed by atoms with Crippen LogP contribution in [-0.4, -0.2) is 62.7 Å². The average molecular weight is 383 g/mol. The zero-order chi connectivity index (χ0) is 19.1. The van der Waals surface area contributed by atoms with Crippen LogP contribution in [0.1, 0.15) is 44.1 Å². The number of likely N-dealkylation sites (tertiary alicyclic amines) is 1. The van der Waals surface area contributed by atoms with Crippen molar-refractivity contribution in [2.24, 2.45) is 5.41 Å². The van der Waals surface area contributed by atoms with Crippen LogP contribution in [0.2, 0.25) is 0 Å². The minimum absolute atomic E-state index is 0.103. The maximum Gasteiger partial charge on any atom is 0.233 e. The molecule has 5 heteroatoms. The van der Waals surface area contributed by atoms with Crippen LogP contribution in [0.4, 0.5) is 11.4 Å². The van der Waals surface area contributed by atoms with Crippen LogP contribution in [0, 0.1) is 12.3 Å². The quantitative estimate of drug-likeness (QED) is 0.873. The Morgan fingerprint density at radius 1 is 1.04 bits per heavy atom. The molecule has 1 aromatic rings. The van der Waals surface area contributed by atoms with E-state index in [1.807, 2.05) is 0 Å². The molecule has 0 aliphatic carbocycles. The number of benzene rings is 1. The molecule has 5 nitrogen and oxygen atoms in total. The Bertz CT molecular complexity index is 736. The first kappa shape index (κ1) is 18.4. The summed E-state index contributed by atoms with van der Waals surface area (Å²) >= 11 is 0. The van der Waals surface area contributed by atoms with E-state index in [1.165, 1.54) is 43.6 Å². The molecular weight excluding hydrogens is 348 g/mol. The number of carbonyl (C=O) groups is 1. The van der Waals surface area contributed by atoms with Gasteiger partial charge in [-0.25, -0.2) is 0 Å². The smallest absolute Gasteiger partial charge is 0.233 e. The summed E-state index contributed by atoms with van der Waals surface area (Å²) in [5.41, 5.74) is 3.58. The zero-order valence-corrected chi connectivity index (χ0v) is 17.3. The minimum atomic E-state index is -0.103. The van der Waals surface area contributed by atoms with Gasteiger partial charge in [0, 0.05) is 37.1 Å². The molecule has 4 aliphatic rings. The van der Waals surface area contributed by atoms with Gasteiger partial charge in [-0.3, -0.25) is 9.69 Å². The third-order valence-electron chi connectivity index (χ3n) is 7.73. The van der Waals surface area contributed by atoms with Gasteiger partial charge in [0.25, 0.3) is 0 Å². The minimum Gasteiger partial charge on any atom is -0.370 e. The summed E-state index contributed by atoms with van der Waals surface area (Å²) in [6.07, 6.45) is 7.01. The topological polar surface area (TPSA) is 38.8 Å². The molecule has 1 N–H and O–H groups in total. The Morgan fingerprint density at radius 2 is 1.82 bits per heavy atom. The molecule has 152 valence electrons. The predicted octanol–water partition coefficient (Wildman–Crippen LogP) is 2.78. The lowest BCUT2D eigenvalue weighted by molar-refractivity contribution is -0.126. The molecule has 1 unspecified atom stereocenters.